The summed E-state index contributed by atoms with van der Waals surface area (Å²) in [5, 5.41) is 5.84. The number of rotatable bonds is 7. The number of ketones is 1. The second kappa shape index (κ2) is 18.6. The van der Waals surface area contributed by atoms with E-state index in [9.17, 15) is 14.4 Å². The number of nitrogens with one attached hydrogen (secondary N) is 2. The predicted molar refractivity (Wildman–Crippen MR) is 134 cm³/mol. The zero-order chi connectivity index (χ0) is 25.9. The number of likely N-dealkylation sites (N-methyl/N-ethyl adjacent to an activating group) is 1. The van der Waals surface area contributed by atoms with Gasteiger partial charge in [0.05, 0.1) is 0 Å². The Morgan fingerprint density at radius 2 is 1.73 bits per heavy atom. The summed E-state index contributed by atoms with van der Waals surface area (Å²) in [4.78, 5) is 43.7. The van der Waals surface area contributed by atoms with Crippen LogP contribution in [0.1, 0.15) is 71.4 Å². The standard InChI is InChI=1S/C12H23N3O2.C9H8.C3H6O.C2H4O/c1-4-6-12(7-5-2)10(16)15(9-8-13-3)11(17)14-12;1-3-9-6-4-5-8(2)7-9;1-3(2)4;1-2-3/h13H,4-9H2,1-3H3,(H,14,17);1,4-7H,2H3;1-2H3;2H,1H3. The molecule has 0 spiro atoms. The SMILES string of the molecule is C#Cc1cccc(C)c1.CC(C)=O.CC=O.CCCC1(CCC)NC(=O)N(CCNC)C1=O. The molecule has 1 aliphatic heterocycles. The number of imide groups is 1. The molecule has 1 saturated heterocycles. The second-order valence-electron chi connectivity index (χ2n) is 7.73. The summed E-state index contributed by atoms with van der Waals surface area (Å²) in [6, 6.07) is 7.66. The van der Waals surface area contributed by atoms with E-state index in [1.165, 1.54) is 31.2 Å². The number of urea groups is 1. The van der Waals surface area contributed by atoms with Crippen molar-refractivity contribution in [1.82, 2.24) is 15.5 Å². The summed E-state index contributed by atoms with van der Waals surface area (Å²) in [6.45, 7) is 11.7. The van der Waals surface area contributed by atoms with E-state index in [-0.39, 0.29) is 17.7 Å². The molecule has 1 aliphatic rings. The van der Waals surface area contributed by atoms with Crippen LogP contribution in [0.25, 0.3) is 0 Å². The van der Waals surface area contributed by atoms with Crippen molar-refractivity contribution in [3.05, 3.63) is 35.4 Å². The third kappa shape index (κ3) is 13.2. The summed E-state index contributed by atoms with van der Waals surface area (Å²) in [5.74, 6) is 2.68. The minimum Gasteiger partial charge on any atom is -0.323 e. The highest BCUT2D eigenvalue weighted by Gasteiger charge is 2.49. The fourth-order valence-corrected chi connectivity index (χ4v) is 3.16. The van der Waals surface area contributed by atoms with E-state index in [2.05, 4.69) is 16.6 Å². The molecular weight excluding hydrogens is 418 g/mol. The van der Waals surface area contributed by atoms with Crippen molar-refractivity contribution in [2.45, 2.75) is 72.8 Å². The van der Waals surface area contributed by atoms with Gasteiger partial charge < -0.3 is 20.2 Å². The molecule has 1 fully saturated rings. The van der Waals surface area contributed by atoms with Crippen LogP contribution in [0.4, 0.5) is 4.79 Å². The first-order valence-corrected chi connectivity index (χ1v) is 11.3. The van der Waals surface area contributed by atoms with Crippen molar-refractivity contribution in [3.63, 3.8) is 0 Å². The van der Waals surface area contributed by atoms with Gasteiger partial charge in [0.25, 0.3) is 5.91 Å². The average molecular weight is 460 g/mol. The maximum atomic E-state index is 12.3. The zero-order valence-corrected chi connectivity index (χ0v) is 21.3. The fraction of sp³-hybridized carbons (Fsp3) is 0.538. The normalized spacial score (nSPS) is 13.1. The minimum atomic E-state index is -0.645. The van der Waals surface area contributed by atoms with Gasteiger partial charge in [-0.05, 0) is 65.3 Å². The number of hydrogen-bond donors (Lipinski definition) is 2. The molecule has 7 nitrogen and oxygen atoms in total. The van der Waals surface area contributed by atoms with E-state index in [0.717, 1.165) is 37.5 Å². The molecule has 0 aromatic heterocycles. The van der Waals surface area contributed by atoms with Gasteiger partial charge in [0.15, 0.2) is 0 Å². The van der Waals surface area contributed by atoms with Gasteiger partial charge >= 0.3 is 6.03 Å². The van der Waals surface area contributed by atoms with Crippen molar-refractivity contribution in [3.8, 4) is 12.3 Å². The molecule has 2 N–H and O–H groups in total. The maximum absolute atomic E-state index is 12.3. The Bertz CT molecular complexity index is 774. The molecule has 3 amide bonds. The summed E-state index contributed by atoms with van der Waals surface area (Å²) in [5.41, 5.74) is 1.52. The Labute approximate surface area is 199 Å². The Kier molecular flexibility index (Phi) is 18.1. The lowest BCUT2D eigenvalue weighted by Gasteiger charge is -2.25. The molecule has 0 radical (unpaired) electrons. The molecule has 0 atom stereocenters. The topological polar surface area (TPSA) is 95.6 Å². The van der Waals surface area contributed by atoms with Gasteiger partial charge in [-0.25, -0.2) is 4.79 Å². The number of benzene rings is 1. The Balaban J connectivity index is 0. The molecule has 0 bridgehead atoms. The van der Waals surface area contributed by atoms with Crippen LogP contribution in [0.3, 0.4) is 0 Å². The van der Waals surface area contributed by atoms with Crippen LogP contribution in [-0.2, 0) is 14.4 Å². The number of amides is 3. The van der Waals surface area contributed by atoms with Crippen molar-refractivity contribution in [2.24, 2.45) is 0 Å². The Hall–Kier alpha value is -2.98. The van der Waals surface area contributed by atoms with Crippen LogP contribution in [0.5, 0.6) is 0 Å². The molecular formula is C26H41N3O4. The summed E-state index contributed by atoms with van der Waals surface area (Å²) in [6.07, 6.45) is 9.16. The fourth-order valence-electron chi connectivity index (χ4n) is 3.16. The summed E-state index contributed by atoms with van der Waals surface area (Å²) in [7, 11) is 1.81. The molecule has 1 aromatic carbocycles. The predicted octanol–water partition coefficient (Wildman–Crippen LogP) is 3.87. The maximum Gasteiger partial charge on any atom is 0.325 e. The number of Topliss-reactive ketones (excluding diaryl/α,β-unsaturated/α-hetero) is 1. The van der Waals surface area contributed by atoms with Gasteiger partial charge in [-0.1, -0.05) is 44.7 Å². The number of carbonyl (C=O) groups excluding carboxylic acids is 4. The van der Waals surface area contributed by atoms with Crippen LogP contribution < -0.4 is 10.6 Å². The molecule has 0 aliphatic carbocycles. The Morgan fingerprint density at radius 3 is 2.09 bits per heavy atom. The molecule has 1 aromatic rings. The molecule has 2 rings (SSSR count). The molecule has 0 unspecified atom stereocenters. The first kappa shape index (κ1) is 32.2. The second-order valence-corrected chi connectivity index (χ2v) is 7.73. The van der Waals surface area contributed by atoms with Crippen LogP contribution in [0.2, 0.25) is 0 Å². The number of carbonyl (C=O) groups is 4. The van der Waals surface area contributed by atoms with Gasteiger partial charge in [0, 0.05) is 18.7 Å². The third-order valence-electron chi connectivity index (χ3n) is 4.37. The van der Waals surface area contributed by atoms with E-state index in [4.69, 9.17) is 11.2 Å². The smallest absolute Gasteiger partial charge is 0.323 e. The molecule has 1 heterocycles. The van der Waals surface area contributed by atoms with Crippen LogP contribution >= 0.6 is 0 Å². The van der Waals surface area contributed by atoms with E-state index in [1.54, 1.807) is 0 Å². The van der Waals surface area contributed by atoms with Gasteiger partial charge in [-0.3, -0.25) is 9.69 Å². The lowest BCUT2D eigenvalue weighted by molar-refractivity contribution is -0.131. The summed E-state index contributed by atoms with van der Waals surface area (Å²) < 4.78 is 0. The number of aryl methyl sites for hydroxylation is 1. The minimum absolute atomic E-state index is 0.0542. The average Bonchev–Trinajstić information content (AvgIpc) is 2.97. The number of aldehydes is 1. The number of hydrogen-bond acceptors (Lipinski definition) is 5. The first-order valence-electron chi connectivity index (χ1n) is 11.3. The monoisotopic (exact) mass is 459 g/mol. The van der Waals surface area contributed by atoms with Gasteiger partial charge in [0.2, 0.25) is 0 Å². The molecule has 0 saturated carbocycles. The Morgan fingerprint density at radius 1 is 1.21 bits per heavy atom. The largest absolute Gasteiger partial charge is 0.325 e. The lowest BCUT2D eigenvalue weighted by Crippen LogP contribution is -2.47. The van der Waals surface area contributed by atoms with E-state index in [1.807, 2.05) is 52.1 Å². The highest BCUT2D eigenvalue weighted by molar-refractivity contribution is 6.07. The van der Waals surface area contributed by atoms with E-state index >= 15 is 0 Å². The van der Waals surface area contributed by atoms with E-state index in [0.29, 0.717) is 13.1 Å². The highest BCUT2D eigenvalue weighted by atomic mass is 16.2. The quantitative estimate of drug-likeness (QED) is 0.367. The molecule has 7 heteroatoms. The van der Waals surface area contributed by atoms with Crippen molar-refractivity contribution < 1.29 is 19.2 Å². The highest BCUT2D eigenvalue weighted by Crippen LogP contribution is 2.27. The van der Waals surface area contributed by atoms with Crippen molar-refractivity contribution in [2.75, 3.05) is 20.1 Å². The summed E-state index contributed by atoms with van der Waals surface area (Å²) >= 11 is 0. The van der Waals surface area contributed by atoms with E-state index < -0.39 is 5.54 Å². The first-order chi connectivity index (χ1) is 15.6. The van der Waals surface area contributed by atoms with Crippen molar-refractivity contribution >= 4 is 24.0 Å². The molecule has 33 heavy (non-hydrogen) atoms. The van der Waals surface area contributed by atoms with Crippen molar-refractivity contribution in [1.29, 1.82) is 0 Å². The molecule has 184 valence electrons. The van der Waals surface area contributed by atoms with Gasteiger partial charge in [-0.15, -0.1) is 6.42 Å². The number of nitrogens with zero attached hydrogens (tertiary/aromatic N) is 1. The third-order valence-corrected chi connectivity index (χ3v) is 4.37. The zero-order valence-electron chi connectivity index (χ0n) is 21.3. The van der Waals surface area contributed by atoms with Crippen LogP contribution in [-0.4, -0.2) is 54.6 Å². The van der Waals surface area contributed by atoms with Crippen LogP contribution in [0.15, 0.2) is 24.3 Å². The van der Waals surface area contributed by atoms with Crippen LogP contribution in [0, 0.1) is 19.3 Å². The van der Waals surface area contributed by atoms with Gasteiger partial charge in [0.1, 0.15) is 17.6 Å². The van der Waals surface area contributed by atoms with Gasteiger partial charge in [-0.2, -0.15) is 0 Å². The number of terminal acetylenes is 1. The lowest BCUT2D eigenvalue weighted by atomic mass is 9.88.